The number of hydrogen-bond donors (Lipinski definition) is 1. The normalized spacial score (nSPS) is 15.3. The van der Waals surface area contributed by atoms with Crippen molar-refractivity contribution in [3.8, 4) is 5.75 Å². The van der Waals surface area contributed by atoms with Crippen LogP contribution in [0.1, 0.15) is 35.3 Å². The summed E-state index contributed by atoms with van der Waals surface area (Å²) >= 11 is 0. The molecule has 32 heavy (non-hydrogen) atoms. The van der Waals surface area contributed by atoms with Crippen molar-refractivity contribution in [1.82, 2.24) is 14.2 Å². The van der Waals surface area contributed by atoms with Crippen molar-refractivity contribution in [3.05, 3.63) is 83.2 Å². The van der Waals surface area contributed by atoms with Gasteiger partial charge in [0.05, 0.1) is 17.5 Å². The molecule has 0 saturated carbocycles. The standard InChI is InChI=1S/C25H31N3O3S/c1-4-31-25-12-11-22(16-19(25)2)32(29,30)26-17-24(23-10-7-14-27(23)3)28-15-13-20-8-5-6-9-21(20)18-28/h5-12,14,16,24,26H,4,13,15,17-18H2,1-3H3. The van der Waals surface area contributed by atoms with Crippen LogP contribution in [0.15, 0.2) is 65.7 Å². The third-order valence-electron chi connectivity index (χ3n) is 6.15. The molecule has 3 aromatic rings. The lowest BCUT2D eigenvalue weighted by Crippen LogP contribution is -2.41. The van der Waals surface area contributed by atoms with Gasteiger partial charge in [-0.05, 0) is 67.3 Å². The summed E-state index contributed by atoms with van der Waals surface area (Å²) in [6, 6.07) is 17.5. The van der Waals surface area contributed by atoms with Gasteiger partial charge in [-0.25, -0.2) is 13.1 Å². The topological polar surface area (TPSA) is 63.6 Å². The minimum atomic E-state index is -3.65. The maximum atomic E-state index is 13.1. The molecule has 2 aromatic carbocycles. The number of ether oxygens (including phenoxy) is 1. The van der Waals surface area contributed by atoms with Gasteiger partial charge in [0.1, 0.15) is 5.75 Å². The molecule has 1 aliphatic rings. The summed E-state index contributed by atoms with van der Waals surface area (Å²) in [5, 5.41) is 0. The van der Waals surface area contributed by atoms with Crippen LogP contribution < -0.4 is 9.46 Å². The third kappa shape index (κ3) is 4.75. The Bertz CT molecular complexity index is 1190. The third-order valence-corrected chi connectivity index (χ3v) is 7.57. The Kier molecular flexibility index (Phi) is 6.69. The van der Waals surface area contributed by atoms with Crippen LogP contribution in [0.4, 0.5) is 0 Å². The SMILES string of the molecule is CCOc1ccc(S(=O)(=O)NCC(c2cccn2C)N2CCc3ccccc3C2)cc1C. The van der Waals surface area contributed by atoms with E-state index in [1.54, 1.807) is 18.2 Å². The molecule has 2 heterocycles. The molecule has 0 aliphatic carbocycles. The van der Waals surface area contributed by atoms with Crippen molar-refractivity contribution in [3.63, 3.8) is 0 Å². The monoisotopic (exact) mass is 453 g/mol. The fraction of sp³-hybridized carbons (Fsp3) is 0.360. The molecule has 1 N–H and O–H groups in total. The highest BCUT2D eigenvalue weighted by Gasteiger charge is 2.28. The van der Waals surface area contributed by atoms with Crippen molar-refractivity contribution >= 4 is 10.0 Å². The van der Waals surface area contributed by atoms with E-state index in [1.165, 1.54) is 11.1 Å². The van der Waals surface area contributed by atoms with Crippen molar-refractivity contribution in [2.75, 3.05) is 19.7 Å². The average molecular weight is 454 g/mol. The number of aromatic nitrogens is 1. The van der Waals surface area contributed by atoms with Crippen molar-refractivity contribution in [1.29, 1.82) is 0 Å². The zero-order valence-corrected chi connectivity index (χ0v) is 19.7. The van der Waals surface area contributed by atoms with Gasteiger partial charge in [0.15, 0.2) is 0 Å². The van der Waals surface area contributed by atoms with Gasteiger partial charge >= 0.3 is 0 Å². The molecule has 1 aromatic heterocycles. The van der Waals surface area contributed by atoms with Crippen molar-refractivity contribution in [2.45, 2.75) is 37.8 Å². The maximum absolute atomic E-state index is 13.1. The highest BCUT2D eigenvalue weighted by Crippen LogP contribution is 2.28. The average Bonchev–Trinajstić information content (AvgIpc) is 3.21. The highest BCUT2D eigenvalue weighted by molar-refractivity contribution is 7.89. The van der Waals surface area contributed by atoms with Gasteiger partial charge < -0.3 is 9.30 Å². The summed E-state index contributed by atoms with van der Waals surface area (Å²) in [5.41, 5.74) is 4.58. The molecule has 7 heteroatoms. The molecule has 0 radical (unpaired) electrons. The molecule has 170 valence electrons. The second-order valence-corrected chi connectivity index (χ2v) is 10.0. The Hall–Kier alpha value is -2.61. The summed E-state index contributed by atoms with van der Waals surface area (Å²) in [6.07, 6.45) is 2.96. The molecule has 0 fully saturated rings. The van der Waals surface area contributed by atoms with E-state index in [0.717, 1.165) is 30.8 Å². The van der Waals surface area contributed by atoms with Crippen LogP contribution in [0.3, 0.4) is 0 Å². The molecule has 0 amide bonds. The van der Waals surface area contributed by atoms with Gasteiger partial charge in [-0.3, -0.25) is 4.90 Å². The summed E-state index contributed by atoms with van der Waals surface area (Å²) in [6.45, 7) is 6.31. The van der Waals surface area contributed by atoms with Crippen LogP contribution in [0.5, 0.6) is 5.75 Å². The molecule has 0 spiro atoms. The number of sulfonamides is 1. The number of aryl methyl sites for hydroxylation is 2. The minimum Gasteiger partial charge on any atom is -0.494 e. The molecule has 1 unspecified atom stereocenters. The number of benzene rings is 2. The molecule has 0 saturated heterocycles. The Morgan fingerprint density at radius 2 is 1.88 bits per heavy atom. The lowest BCUT2D eigenvalue weighted by molar-refractivity contribution is 0.174. The Balaban J connectivity index is 1.56. The van der Waals surface area contributed by atoms with Gasteiger partial charge in [-0.1, -0.05) is 24.3 Å². The molecular weight excluding hydrogens is 422 g/mol. The van der Waals surface area contributed by atoms with E-state index in [-0.39, 0.29) is 10.9 Å². The Morgan fingerprint density at radius 3 is 2.56 bits per heavy atom. The Morgan fingerprint density at radius 1 is 1.09 bits per heavy atom. The lowest BCUT2D eigenvalue weighted by atomic mass is 9.98. The molecule has 1 atom stereocenters. The minimum absolute atomic E-state index is 0.0677. The molecule has 0 bridgehead atoms. The molecule has 1 aliphatic heterocycles. The second kappa shape index (κ2) is 9.48. The number of nitrogens with one attached hydrogen (secondary N) is 1. The zero-order valence-electron chi connectivity index (χ0n) is 18.9. The van der Waals surface area contributed by atoms with E-state index in [1.807, 2.05) is 33.2 Å². The first-order chi connectivity index (χ1) is 15.4. The van der Waals surface area contributed by atoms with Crippen LogP contribution in [0, 0.1) is 6.92 Å². The predicted molar refractivity (Wildman–Crippen MR) is 126 cm³/mol. The van der Waals surface area contributed by atoms with E-state index in [9.17, 15) is 8.42 Å². The highest BCUT2D eigenvalue weighted by atomic mass is 32.2. The van der Waals surface area contributed by atoms with Gasteiger partial charge in [-0.15, -0.1) is 0 Å². The molecular formula is C25H31N3O3S. The fourth-order valence-electron chi connectivity index (χ4n) is 4.40. The van der Waals surface area contributed by atoms with Gasteiger partial charge in [0.2, 0.25) is 10.0 Å². The van der Waals surface area contributed by atoms with Crippen LogP contribution >= 0.6 is 0 Å². The first kappa shape index (κ1) is 22.6. The molecule has 6 nitrogen and oxygen atoms in total. The number of nitrogens with zero attached hydrogens (tertiary/aromatic N) is 2. The number of hydrogen-bond acceptors (Lipinski definition) is 4. The summed E-state index contributed by atoms with van der Waals surface area (Å²) in [4.78, 5) is 2.62. The van der Waals surface area contributed by atoms with E-state index >= 15 is 0 Å². The van der Waals surface area contributed by atoms with Crippen molar-refractivity contribution < 1.29 is 13.2 Å². The van der Waals surface area contributed by atoms with Crippen molar-refractivity contribution in [2.24, 2.45) is 7.05 Å². The maximum Gasteiger partial charge on any atom is 0.240 e. The van der Waals surface area contributed by atoms with Crippen LogP contribution in [0.25, 0.3) is 0 Å². The summed E-state index contributed by atoms with van der Waals surface area (Å²) < 4.78 is 36.7. The smallest absolute Gasteiger partial charge is 0.240 e. The number of fused-ring (bicyclic) bond motifs is 1. The predicted octanol–water partition coefficient (Wildman–Crippen LogP) is 3.81. The van der Waals surface area contributed by atoms with Crippen LogP contribution in [0.2, 0.25) is 0 Å². The van der Waals surface area contributed by atoms with Crippen LogP contribution in [-0.2, 0) is 30.0 Å². The van der Waals surface area contributed by atoms with Gasteiger partial charge in [0, 0.05) is 38.6 Å². The van der Waals surface area contributed by atoms with E-state index < -0.39 is 10.0 Å². The fourth-order valence-corrected chi connectivity index (χ4v) is 5.53. The summed E-state index contributed by atoms with van der Waals surface area (Å²) in [7, 11) is -1.65. The van der Waals surface area contributed by atoms with E-state index in [4.69, 9.17) is 4.74 Å². The van der Waals surface area contributed by atoms with Crippen LogP contribution in [-0.4, -0.2) is 37.6 Å². The van der Waals surface area contributed by atoms with Gasteiger partial charge in [-0.2, -0.15) is 0 Å². The van der Waals surface area contributed by atoms with E-state index in [0.29, 0.717) is 18.9 Å². The zero-order chi connectivity index (χ0) is 22.7. The second-order valence-electron chi connectivity index (χ2n) is 8.26. The van der Waals surface area contributed by atoms with E-state index in [2.05, 4.69) is 44.5 Å². The Labute approximate surface area is 190 Å². The largest absolute Gasteiger partial charge is 0.494 e. The first-order valence-electron chi connectivity index (χ1n) is 11.0. The first-order valence-corrected chi connectivity index (χ1v) is 12.5. The molecule has 4 rings (SSSR count). The number of rotatable bonds is 8. The lowest BCUT2D eigenvalue weighted by Gasteiger charge is -2.36. The quantitative estimate of drug-likeness (QED) is 0.563. The summed E-state index contributed by atoms with van der Waals surface area (Å²) in [5.74, 6) is 0.708. The van der Waals surface area contributed by atoms with Gasteiger partial charge in [0.25, 0.3) is 0 Å².